The predicted octanol–water partition coefficient (Wildman–Crippen LogP) is 2.72. The van der Waals surface area contributed by atoms with Crippen molar-refractivity contribution in [3.05, 3.63) is 0 Å². The molecule has 0 saturated carbocycles. The first-order chi connectivity index (χ1) is 9.28. The second-order valence-corrected chi connectivity index (χ2v) is 6.53. The molecule has 0 radical (unpaired) electrons. The van der Waals surface area contributed by atoms with E-state index in [1.54, 1.807) is 41.5 Å². The van der Waals surface area contributed by atoms with Crippen LogP contribution in [0.3, 0.4) is 0 Å². The van der Waals surface area contributed by atoms with Gasteiger partial charge in [0.2, 0.25) is 0 Å². The highest BCUT2D eigenvalue weighted by atomic mass is 16.6. The standard InChI is InChI=1S/C14H25NO6/c1-9(10(16)19-8)15(11(17)20-13(2,3)4)12(18)21-14(5,6)7/h9H,1-8H3/t9-/m0/s1. The zero-order valence-corrected chi connectivity index (χ0v) is 14.0. The summed E-state index contributed by atoms with van der Waals surface area (Å²) in [6.45, 7) is 11.3. The minimum Gasteiger partial charge on any atom is -0.467 e. The summed E-state index contributed by atoms with van der Waals surface area (Å²) < 4.78 is 14.8. The van der Waals surface area contributed by atoms with Gasteiger partial charge in [-0.25, -0.2) is 14.4 Å². The summed E-state index contributed by atoms with van der Waals surface area (Å²) in [7, 11) is 1.17. The molecule has 1 atom stereocenters. The maximum atomic E-state index is 12.1. The van der Waals surface area contributed by atoms with Gasteiger partial charge in [0.25, 0.3) is 0 Å². The Morgan fingerprint density at radius 1 is 0.857 bits per heavy atom. The quantitative estimate of drug-likeness (QED) is 0.576. The molecule has 0 fully saturated rings. The maximum Gasteiger partial charge on any atom is 0.420 e. The van der Waals surface area contributed by atoms with Crippen molar-refractivity contribution in [3.63, 3.8) is 0 Å². The van der Waals surface area contributed by atoms with Crippen molar-refractivity contribution in [2.24, 2.45) is 0 Å². The molecule has 0 aromatic heterocycles. The third-order valence-electron chi connectivity index (χ3n) is 2.11. The summed E-state index contributed by atoms with van der Waals surface area (Å²) in [5, 5.41) is 0. The van der Waals surface area contributed by atoms with Crippen LogP contribution in [0.5, 0.6) is 0 Å². The van der Waals surface area contributed by atoms with Crippen molar-refractivity contribution >= 4 is 18.2 Å². The van der Waals surface area contributed by atoms with Crippen LogP contribution in [0.15, 0.2) is 0 Å². The summed E-state index contributed by atoms with van der Waals surface area (Å²) in [6.07, 6.45) is -1.93. The van der Waals surface area contributed by atoms with Gasteiger partial charge in [-0.05, 0) is 48.5 Å². The lowest BCUT2D eigenvalue weighted by Crippen LogP contribution is -2.51. The smallest absolute Gasteiger partial charge is 0.420 e. The van der Waals surface area contributed by atoms with Crippen molar-refractivity contribution in [2.45, 2.75) is 65.7 Å². The Hall–Kier alpha value is -1.79. The number of methoxy groups -OCH3 is 1. The Morgan fingerprint density at radius 2 is 1.19 bits per heavy atom. The molecule has 0 aliphatic heterocycles. The topological polar surface area (TPSA) is 82.1 Å². The Kier molecular flexibility index (Phi) is 6.20. The van der Waals surface area contributed by atoms with E-state index in [1.165, 1.54) is 14.0 Å². The number of esters is 1. The number of nitrogens with zero attached hydrogens (tertiary/aromatic N) is 1. The van der Waals surface area contributed by atoms with E-state index in [0.717, 1.165) is 0 Å². The summed E-state index contributed by atoms with van der Waals surface area (Å²) in [5.74, 6) is -0.744. The van der Waals surface area contributed by atoms with E-state index in [2.05, 4.69) is 4.74 Å². The van der Waals surface area contributed by atoms with Gasteiger partial charge < -0.3 is 14.2 Å². The molecule has 0 bridgehead atoms. The minimum absolute atomic E-state index is 0.613. The van der Waals surface area contributed by atoms with Gasteiger partial charge >= 0.3 is 18.2 Å². The Bertz CT molecular complexity index is 377. The lowest BCUT2D eigenvalue weighted by molar-refractivity contribution is -0.146. The molecule has 0 aromatic rings. The third kappa shape index (κ3) is 6.97. The van der Waals surface area contributed by atoms with Gasteiger partial charge in [-0.15, -0.1) is 0 Å². The molecule has 0 aliphatic carbocycles. The zero-order valence-electron chi connectivity index (χ0n) is 14.0. The fourth-order valence-electron chi connectivity index (χ4n) is 1.29. The van der Waals surface area contributed by atoms with Gasteiger partial charge in [-0.1, -0.05) is 0 Å². The van der Waals surface area contributed by atoms with Gasteiger partial charge in [-0.2, -0.15) is 4.90 Å². The minimum atomic E-state index is -1.15. The molecule has 7 heteroatoms. The molecule has 21 heavy (non-hydrogen) atoms. The van der Waals surface area contributed by atoms with Crippen LogP contribution < -0.4 is 0 Å². The summed E-state index contributed by atoms with van der Waals surface area (Å²) >= 11 is 0. The van der Waals surface area contributed by atoms with Gasteiger partial charge in [0, 0.05) is 0 Å². The molecule has 0 heterocycles. The van der Waals surface area contributed by atoms with Crippen LogP contribution in [-0.4, -0.2) is 47.4 Å². The highest BCUT2D eigenvalue weighted by molar-refractivity contribution is 5.93. The van der Waals surface area contributed by atoms with Crippen molar-refractivity contribution in [2.75, 3.05) is 7.11 Å². The van der Waals surface area contributed by atoms with E-state index in [4.69, 9.17) is 9.47 Å². The van der Waals surface area contributed by atoms with E-state index in [1.807, 2.05) is 0 Å². The Labute approximate surface area is 125 Å². The molecule has 0 saturated heterocycles. The highest BCUT2D eigenvalue weighted by Gasteiger charge is 2.38. The Morgan fingerprint density at radius 3 is 1.43 bits per heavy atom. The van der Waals surface area contributed by atoms with E-state index < -0.39 is 35.4 Å². The van der Waals surface area contributed by atoms with Crippen LogP contribution in [-0.2, 0) is 19.0 Å². The van der Waals surface area contributed by atoms with Gasteiger partial charge in [0.15, 0.2) is 0 Å². The molecule has 7 nitrogen and oxygen atoms in total. The van der Waals surface area contributed by atoms with Crippen molar-refractivity contribution in [1.29, 1.82) is 0 Å². The second-order valence-electron chi connectivity index (χ2n) is 6.53. The van der Waals surface area contributed by atoms with E-state index in [-0.39, 0.29) is 0 Å². The number of amides is 2. The number of rotatable bonds is 2. The van der Waals surface area contributed by atoms with Crippen LogP contribution in [0.25, 0.3) is 0 Å². The van der Waals surface area contributed by atoms with Gasteiger partial charge in [0.1, 0.15) is 17.2 Å². The van der Waals surface area contributed by atoms with Crippen LogP contribution >= 0.6 is 0 Å². The van der Waals surface area contributed by atoms with E-state index >= 15 is 0 Å². The van der Waals surface area contributed by atoms with Gasteiger partial charge in [0.05, 0.1) is 7.11 Å². The van der Waals surface area contributed by atoms with Crippen LogP contribution in [0.4, 0.5) is 9.59 Å². The van der Waals surface area contributed by atoms with Gasteiger partial charge in [-0.3, -0.25) is 0 Å². The fraction of sp³-hybridized carbons (Fsp3) is 0.786. The number of carbonyl (C=O) groups excluding carboxylic acids is 3. The number of imide groups is 1. The lowest BCUT2D eigenvalue weighted by atomic mass is 10.2. The average molecular weight is 303 g/mol. The first kappa shape index (κ1) is 19.2. The van der Waals surface area contributed by atoms with Crippen LogP contribution in [0, 0.1) is 0 Å². The summed E-state index contributed by atoms with van der Waals surface area (Å²) in [6, 6.07) is -1.15. The van der Waals surface area contributed by atoms with E-state index in [0.29, 0.717) is 4.90 Å². The van der Waals surface area contributed by atoms with Crippen molar-refractivity contribution in [1.82, 2.24) is 4.90 Å². The predicted molar refractivity (Wildman–Crippen MR) is 75.8 cm³/mol. The molecule has 0 spiro atoms. The molecule has 0 unspecified atom stereocenters. The highest BCUT2D eigenvalue weighted by Crippen LogP contribution is 2.17. The Balaban J connectivity index is 5.33. The molecule has 122 valence electrons. The average Bonchev–Trinajstić information content (AvgIpc) is 2.22. The fourth-order valence-corrected chi connectivity index (χ4v) is 1.29. The summed E-state index contributed by atoms with van der Waals surface area (Å²) in [4.78, 5) is 36.5. The first-order valence-electron chi connectivity index (χ1n) is 6.61. The lowest BCUT2D eigenvalue weighted by Gasteiger charge is -2.30. The number of hydrogen-bond acceptors (Lipinski definition) is 6. The molecular weight excluding hydrogens is 278 g/mol. The second kappa shape index (κ2) is 6.78. The third-order valence-corrected chi connectivity index (χ3v) is 2.11. The molecule has 0 rings (SSSR count). The number of carbonyl (C=O) groups is 3. The van der Waals surface area contributed by atoms with Crippen LogP contribution in [0.1, 0.15) is 48.5 Å². The molecule has 2 amide bonds. The van der Waals surface area contributed by atoms with Crippen LogP contribution in [0.2, 0.25) is 0 Å². The number of hydrogen-bond donors (Lipinski definition) is 0. The largest absolute Gasteiger partial charge is 0.467 e. The molecular formula is C14H25NO6. The maximum absolute atomic E-state index is 12.1. The van der Waals surface area contributed by atoms with E-state index in [9.17, 15) is 14.4 Å². The zero-order chi connectivity index (χ0) is 17.0. The monoisotopic (exact) mass is 303 g/mol. The molecule has 0 aromatic carbocycles. The molecule has 0 N–H and O–H groups in total. The number of ether oxygens (including phenoxy) is 3. The van der Waals surface area contributed by atoms with Crippen molar-refractivity contribution < 1.29 is 28.6 Å². The normalized spacial score (nSPS) is 13.1. The van der Waals surface area contributed by atoms with Crippen molar-refractivity contribution in [3.8, 4) is 0 Å². The molecule has 0 aliphatic rings. The first-order valence-corrected chi connectivity index (χ1v) is 6.61. The summed E-state index contributed by atoms with van der Waals surface area (Å²) in [5.41, 5.74) is -1.62. The SMILES string of the molecule is COC(=O)[C@H](C)N(C(=O)OC(C)(C)C)C(=O)OC(C)(C)C.